The van der Waals surface area contributed by atoms with Crippen molar-refractivity contribution in [2.45, 2.75) is 51.7 Å². The molecule has 2 aliphatic rings. The Balaban J connectivity index is 1.78. The third-order valence-corrected chi connectivity index (χ3v) is 5.15. The zero-order chi connectivity index (χ0) is 17.5. The number of carbonyl (C=O) groups is 2. The Labute approximate surface area is 151 Å². The molecule has 3 rings (SSSR count). The van der Waals surface area contributed by atoms with Gasteiger partial charge in [0, 0.05) is 23.2 Å². The van der Waals surface area contributed by atoms with Crippen molar-refractivity contribution in [3.05, 3.63) is 28.2 Å². The van der Waals surface area contributed by atoms with Gasteiger partial charge in [0.1, 0.15) is 11.6 Å². The van der Waals surface area contributed by atoms with Gasteiger partial charge in [0.25, 0.3) is 0 Å². The van der Waals surface area contributed by atoms with Crippen molar-refractivity contribution in [1.82, 2.24) is 4.90 Å². The minimum absolute atomic E-state index is 0.00444. The molecule has 2 amide bonds. The van der Waals surface area contributed by atoms with Gasteiger partial charge in [-0.25, -0.2) is 4.79 Å². The van der Waals surface area contributed by atoms with Crippen LogP contribution >= 0.6 is 15.9 Å². The van der Waals surface area contributed by atoms with E-state index in [2.05, 4.69) is 15.9 Å². The maximum absolute atomic E-state index is 13.1. The zero-order valence-corrected chi connectivity index (χ0v) is 15.9. The molecule has 5 nitrogen and oxygen atoms in total. The molecule has 0 aliphatic carbocycles. The molecule has 6 heteroatoms. The van der Waals surface area contributed by atoms with Crippen LogP contribution in [0.3, 0.4) is 0 Å². The van der Waals surface area contributed by atoms with Gasteiger partial charge in [-0.2, -0.15) is 0 Å². The molecule has 0 N–H and O–H groups in total. The van der Waals surface area contributed by atoms with E-state index in [-0.39, 0.29) is 5.91 Å². The molecule has 24 heavy (non-hydrogen) atoms. The Bertz CT molecular complexity index is 669. The first-order valence-electron chi connectivity index (χ1n) is 8.36. The van der Waals surface area contributed by atoms with Gasteiger partial charge in [-0.15, -0.1) is 0 Å². The maximum atomic E-state index is 13.1. The average Bonchev–Trinajstić information content (AvgIpc) is 3.12. The molecule has 1 aromatic carbocycles. The molecule has 130 valence electrons. The van der Waals surface area contributed by atoms with Crippen molar-refractivity contribution in [3.63, 3.8) is 0 Å². The number of benzene rings is 1. The van der Waals surface area contributed by atoms with Gasteiger partial charge < -0.3 is 9.64 Å². The Kier molecular flexibility index (Phi) is 4.60. The number of halogens is 1. The summed E-state index contributed by atoms with van der Waals surface area (Å²) in [5.74, 6) is -0.00444. The van der Waals surface area contributed by atoms with Crippen molar-refractivity contribution in [2.75, 3.05) is 18.0 Å². The van der Waals surface area contributed by atoms with E-state index in [1.54, 1.807) is 4.90 Å². The Morgan fingerprint density at radius 2 is 2.00 bits per heavy atom. The fourth-order valence-corrected chi connectivity index (χ4v) is 3.92. The van der Waals surface area contributed by atoms with Crippen LogP contribution in [0.1, 0.15) is 39.2 Å². The number of ether oxygens (including phenoxy) is 1. The first kappa shape index (κ1) is 17.3. The highest BCUT2D eigenvalue weighted by Crippen LogP contribution is 2.35. The molecule has 0 spiro atoms. The van der Waals surface area contributed by atoms with Crippen LogP contribution < -0.4 is 4.90 Å². The van der Waals surface area contributed by atoms with Gasteiger partial charge in [-0.05, 0) is 57.7 Å². The Hall–Kier alpha value is -1.56. The molecule has 2 aliphatic heterocycles. The maximum Gasteiger partial charge on any atom is 0.410 e. The van der Waals surface area contributed by atoms with Crippen molar-refractivity contribution in [2.24, 2.45) is 0 Å². The van der Waals surface area contributed by atoms with Gasteiger partial charge in [0.05, 0.1) is 0 Å². The van der Waals surface area contributed by atoms with Crippen LogP contribution in [0.25, 0.3) is 0 Å². The Morgan fingerprint density at radius 1 is 1.25 bits per heavy atom. The second kappa shape index (κ2) is 6.39. The summed E-state index contributed by atoms with van der Waals surface area (Å²) in [6.07, 6.45) is 1.96. The largest absolute Gasteiger partial charge is 0.444 e. The summed E-state index contributed by atoms with van der Waals surface area (Å²) < 4.78 is 6.50. The SMILES string of the molecule is CC(C)(C)OC(=O)N1CCCC1C(=O)N1CCc2c(Br)cccc21. The summed E-state index contributed by atoms with van der Waals surface area (Å²) >= 11 is 3.55. The predicted octanol–water partition coefficient (Wildman–Crippen LogP) is 3.74. The quantitative estimate of drug-likeness (QED) is 0.728. The lowest BCUT2D eigenvalue weighted by Gasteiger charge is -2.30. The second-order valence-electron chi connectivity index (χ2n) is 7.31. The molecule has 1 aromatic rings. The molecule has 0 radical (unpaired) electrons. The van der Waals surface area contributed by atoms with E-state index >= 15 is 0 Å². The van der Waals surface area contributed by atoms with Crippen molar-refractivity contribution >= 4 is 33.6 Å². The summed E-state index contributed by atoms with van der Waals surface area (Å²) in [6.45, 7) is 6.75. The molecular formula is C18H23BrN2O3. The number of carbonyl (C=O) groups excluding carboxylic acids is 2. The Morgan fingerprint density at radius 3 is 2.71 bits per heavy atom. The first-order valence-corrected chi connectivity index (χ1v) is 9.15. The minimum atomic E-state index is -0.557. The normalized spacial score (nSPS) is 20.2. The van der Waals surface area contributed by atoms with E-state index < -0.39 is 17.7 Å². The fourth-order valence-electron chi connectivity index (χ4n) is 3.36. The number of anilines is 1. The van der Waals surface area contributed by atoms with Crippen LogP contribution in [0.5, 0.6) is 0 Å². The zero-order valence-electron chi connectivity index (χ0n) is 14.3. The molecule has 0 saturated carbocycles. The van der Waals surface area contributed by atoms with Crippen molar-refractivity contribution in [3.8, 4) is 0 Å². The van der Waals surface area contributed by atoms with Crippen molar-refractivity contribution in [1.29, 1.82) is 0 Å². The summed E-state index contributed by atoms with van der Waals surface area (Å²) in [5.41, 5.74) is 1.55. The number of hydrogen-bond donors (Lipinski definition) is 0. The lowest BCUT2D eigenvalue weighted by atomic mass is 10.1. The average molecular weight is 395 g/mol. The van der Waals surface area contributed by atoms with Gasteiger partial charge in [-0.1, -0.05) is 22.0 Å². The van der Waals surface area contributed by atoms with E-state index in [4.69, 9.17) is 4.74 Å². The highest BCUT2D eigenvalue weighted by Gasteiger charge is 2.40. The highest BCUT2D eigenvalue weighted by atomic mass is 79.9. The van der Waals surface area contributed by atoms with Crippen LogP contribution in [0.15, 0.2) is 22.7 Å². The lowest BCUT2D eigenvalue weighted by molar-refractivity contribution is -0.122. The minimum Gasteiger partial charge on any atom is -0.444 e. The number of likely N-dealkylation sites (tertiary alicyclic amines) is 1. The van der Waals surface area contributed by atoms with Gasteiger partial charge in [0.15, 0.2) is 0 Å². The van der Waals surface area contributed by atoms with Crippen LogP contribution in [0.2, 0.25) is 0 Å². The summed E-state index contributed by atoms with van der Waals surface area (Å²) in [5, 5.41) is 0. The first-order chi connectivity index (χ1) is 11.3. The number of fused-ring (bicyclic) bond motifs is 1. The third kappa shape index (κ3) is 3.29. The number of amides is 2. The summed E-state index contributed by atoms with van der Waals surface area (Å²) in [6, 6.07) is 5.48. The lowest BCUT2D eigenvalue weighted by Crippen LogP contribution is -2.48. The van der Waals surface area contributed by atoms with Gasteiger partial charge in [0.2, 0.25) is 5.91 Å². The number of hydrogen-bond acceptors (Lipinski definition) is 3. The van der Waals surface area contributed by atoms with E-state index in [0.717, 1.165) is 28.6 Å². The molecule has 0 bridgehead atoms. The van der Waals surface area contributed by atoms with Gasteiger partial charge in [-0.3, -0.25) is 9.69 Å². The molecule has 1 saturated heterocycles. The van der Waals surface area contributed by atoms with Crippen LogP contribution in [0, 0.1) is 0 Å². The number of nitrogens with zero attached hydrogens (tertiary/aromatic N) is 2. The highest BCUT2D eigenvalue weighted by molar-refractivity contribution is 9.10. The van der Waals surface area contributed by atoms with Crippen LogP contribution in [-0.2, 0) is 16.0 Å². The summed E-state index contributed by atoms with van der Waals surface area (Å²) in [4.78, 5) is 28.9. The monoisotopic (exact) mass is 394 g/mol. The van der Waals surface area contributed by atoms with Crippen molar-refractivity contribution < 1.29 is 14.3 Å². The summed E-state index contributed by atoms with van der Waals surface area (Å²) in [7, 11) is 0. The van der Waals surface area contributed by atoms with E-state index in [1.807, 2.05) is 43.9 Å². The fraction of sp³-hybridized carbons (Fsp3) is 0.556. The van der Waals surface area contributed by atoms with Crippen LogP contribution in [-0.4, -0.2) is 41.6 Å². The number of rotatable bonds is 1. The molecule has 1 atom stereocenters. The van der Waals surface area contributed by atoms with Crippen LogP contribution in [0.4, 0.5) is 10.5 Å². The van der Waals surface area contributed by atoms with E-state index in [1.165, 1.54) is 0 Å². The van der Waals surface area contributed by atoms with Gasteiger partial charge >= 0.3 is 6.09 Å². The smallest absolute Gasteiger partial charge is 0.410 e. The molecule has 1 unspecified atom stereocenters. The molecular weight excluding hydrogens is 372 g/mol. The topological polar surface area (TPSA) is 49.9 Å². The van der Waals surface area contributed by atoms with E-state index in [0.29, 0.717) is 19.5 Å². The predicted molar refractivity (Wildman–Crippen MR) is 96.2 cm³/mol. The second-order valence-corrected chi connectivity index (χ2v) is 8.16. The molecule has 0 aromatic heterocycles. The van der Waals surface area contributed by atoms with E-state index in [9.17, 15) is 9.59 Å². The molecule has 1 fully saturated rings. The standard InChI is InChI=1S/C18H23BrN2O3/c1-18(2,3)24-17(23)21-10-5-8-15(21)16(22)20-11-9-12-13(19)6-4-7-14(12)20/h4,6-7,15H,5,8-11H2,1-3H3. The molecule has 2 heterocycles. The third-order valence-electron chi connectivity index (χ3n) is 4.40.